The molecule has 1 aromatic carbocycles. The maximum absolute atomic E-state index is 5.17. The van der Waals surface area contributed by atoms with E-state index in [0.29, 0.717) is 13.2 Å². The van der Waals surface area contributed by atoms with Gasteiger partial charge in [-0.25, -0.2) is 0 Å². The standard InChI is InChI=1S/C13H19N5O/c1-13(2,10-19-3)14-9-12-15-16-17-18(12)11-7-5-4-6-8-11/h4-8,14H,9-10H2,1-3H3. The lowest BCUT2D eigenvalue weighted by Crippen LogP contribution is -2.43. The average Bonchev–Trinajstić information content (AvgIpc) is 2.86. The van der Waals surface area contributed by atoms with Gasteiger partial charge in [-0.2, -0.15) is 4.68 Å². The number of aromatic nitrogens is 4. The van der Waals surface area contributed by atoms with Crippen molar-refractivity contribution < 1.29 is 4.74 Å². The summed E-state index contributed by atoms with van der Waals surface area (Å²) >= 11 is 0. The van der Waals surface area contributed by atoms with Crippen LogP contribution in [0.1, 0.15) is 19.7 Å². The smallest absolute Gasteiger partial charge is 0.170 e. The number of para-hydroxylation sites is 1. The first-order valence-corrected chi connectivity index (χ1v) is 6.19. The first kappa shape index (κ1) is 13.6. The van der Waals surface area contributed by atoms with Crippen molar-refractivity contribution in [2.75, 3.05) is 13.7 Å². The van der Waals surface area contributed by atoms with Crippen LogP contribution in [0, 0.1) is 0 Å². The monoisotopic (exact) mass is 261 g/mol. The van der Waals surface area contributed by atoms with Gasteiger partial charge in [0, 0.05) is 12.6 Å². The van der Waals surface area contributed by atoms with Crippen molar-refractivity contribution in [3.8, 4) is 5.69 Å². The van der Waals surface area contributed by atoms with Gasteiger partial charge in [-0.1, -0.05) is 18.2 Å². The number of benzene rings is 1. The molecule has 0 fully saturated rings. The number of hydrogen-bond donors (Lipinski definition) is 1. The Morgan fingerprint density at radius 3 is 2.68 bits per heavy atom. The molecule has 6 heteroatoms. The topological polar surface area (TPSA) is 64.9 Å². The number of tetrazole rings is 1. The molecule has 0 aliphatic carbocycles. The number of rotatable bonds is 6. The van der Waals surface area contributed by atoms with E-state index in [1.807, 2.05) is 30.3 Å². The highest BCUT2D eigenvalue weighted by Gasteiger charge is 2.18. The molecule has 19 heavy (non-hydrogen) atoms. The van der Waals surface area contributed by atoms with E-state index in [9.17, 15) is 0 Å². The Morgan fingerprint density at radius 2 is 2.00 bits per heavy atom. The molecule has 0 radical (unpaired) electrons. The minimum atomic E-state index is -0.123. The van der Waals surface area contributed by atoms with E-state index >= 15 is 0 Å². The third kappa shape index (κ3) is 3.59. The molecule has 0 saturated heterocycles. The summed E-state index contributed by atoms with van der Waals surface area (Å²) in [5.74, 6) is 0.773. The summed E-state index contributed by atoms with van der Waals surface area (Å²) in [6.07, 6.45) is 0. The van der Waals surface area contributed by atoms with Gasteiger partial charge in [0.1, 0.15) is 0 Å². The zero-order valence-electron chi connectivity index (χ0n) is 11.5. The van der Waals surface area contributed by atoms with Crippen molar-refractivity contribution >= 4 is 0 Å². The van der Waals surface area contributed by atoms with E-state index in [1.54, 1.807) is 11.8 Å². The number of nitrogens with zero attached hydrogens (tertiary/aromatic N) is 4. The fraction of sp³-hybridized carbons (Fsp3) is 0.462. The van der Waals surface area contributed by atoms with Crippen LogP contribution < -0.4 is 5.32 Å². The fourth-order valence-electron chi connectivity index (χ4n) is 1.82. The lowest BCUT2D eigenvalue weighted by Gasteiger charge is -2.24. The van der Waals surface area contributed by atoms with Crippen molar-refractivity contribution in [2.45, 2.75) is 25.9 Å². The summed E-state index contributed by atoms with van der Waals surface area (Å²) < 4.78 is 6.90. The summed E-state index contributed by atoms with van der Waals surface area (Å²) in [6, 6.07) is 9.83. The van der Waals surface area contributed by atoms with Crippen LogP contribution >= 0.6 is 0 Å². The summed E-state index contributed by atoms with van der Waals surface area (Å²) in [7, 11) is 1.69. The predicted octanol–water partition coefficient (Wildman–Crippen LogP) is 1.18. The zero-order valence-corrected chi connectivity index (χ0v) is 11.5. The Balaban J connectivity index is 2.09. The van der Waals surface area contributed by atoms with Crippen molar-refractivity contribution in [2.24, 2.45) is 0 Å². The van der Waals surface area contributed by atoms with E-state index < -0.39 is 0 Å². The quantitative estimate of drug-likeness (QED) is 0.845. The fourth-order valence-corrected chi connectivity index (χ4v) is 1.82. The van der Waals surface area contributed by atoms with Gasteiger partial charge in [0.15, 0.2) is 5.82 Å². The van der Waals surface area contributed by atoms with E-state index in [4.69, 9.17) is 4.74 Å². The highest BCUT2D eigenvalue weighted by molar-refractivity contribution is 5.30. The van der Waals surface area contributed by atoms with Crippen LogP contribution in [0.3, 0.4) is 0 Å². The van der Waals surface area contributed by atoms with E-state index in [0.717, 1.165) is 11.5 Å². The Labute approximate surface area is 112 Å². The van der Waals surface area contributed by atoms with Crippen LogP contribution in [0.5, 0.6) is 0 Å². The summed E-state index contributed by atoms with van der Waals surface area (Å²) in [5, 5.41) is 15.2. The van der Waals surface area contributed by atoms with Gasteiger partial charge in [-0.05, 0) is 36.4 Å². The van der Waals surface area contributed by atoms with Gasteiger partial charge in [0.25, 0.3) is 0 Å². The number of methoxy groups -OCH3 is 1. The summed E-state index contributed by atoms with van der Waals surface area (Å²) in [4.78, 5) is 0. The Bertz CT molecular complexity index is 509. The maximum Gasteiger partial charge on any atom is 0.170 e. The number of hydrogen-bond acceptors (Lipinski definition) is 5. The molecule has 0 saturated carbocycles. The minimum absolute atomic E-state index is 0.123. The molecule has 0 bridgehead atoms. The molecule has 0 aliphatic heterocycles. The van der Waals surface area contributed by atoms with Gasteiger partial charge in [-0.15, -0.1) is 5.10 Å². The van der Waals surface area contributed by atoms with Crippen LogP contribution in [-0.4, -0.2) is 39.5 Å². The first-order chi connectivity index (χ1) is 9.12. The van der Waals surface area contributed by atoms with E-state index in [-0.39, 0.29) is 5.54 Å². The third-order valence-electron chi connectivity index (χ3n) is 2.77. The van der Waals surface area contributed by atoms with Gasteiger partial charge in [0.05, 0.1) is 18.8 Å². The second-order valence-electron chi connectivity index (χ2n) is 5.01. The molecular formula is C13H19N5O. The molecule has 0 atom stereocenters. The van der Waals surface area contributed by atoms with Crippen LogP contribution in [0.25, 0.3) is 5.69 Å². The molecule has 1 aromatic heterocycles. The second-order valence-corrected chi connectivity index (χ2v) is 5.01. The van der Waals surface area contributed by atoms with Gasteiger partial charge in [-0.3, -0.25) is 0 Å². The van der Waals surface area contributed by atoms with Crippen molar-refractivity contribution in [3.63, 3.8) is 0 Å². The first-order valence-electron chi connectivity index (χ1n) is 6.19. The number of ether oxygens (including phenoxy) is 1. The van der Waals surface area contributed by atoms with Crippen molar-refractivity contribution in [3.05, 3.63) is 36.2 Å². The highest BCUT2D eigenvalue weighted by atomic mass is 16.5. The van der Waals surface area contributed by atoms with Crippen molar-refractivity contribution in [1.29, 1.82) is 0 Å². The molecule has 0 spiro atoms. The molecule has 2 aromatic rings. The van der Waals surface area contributed by atoms with Gasteiger partial charge in [0.2, 0.25) is 0 Å². The largest absolute Gasteiger partial charge is 0.383 e. The SMILES string of the molecule is COCC(C)(C)NCc1nnnn1-c1ccccc1. The molecule has 0 amide bonds. The molecular weight excluding hydrogens is 242 g/mol. The predicted molar refractivity (Wildman–Crippen MR) is 71.9 cm³/mol. The van der Waals surface area contributed by atoms with Gasteiger partial charge >= 0.3 is 0 Å². The molecule has 1 N–H and O–H groups in total. The molecule has 102 valence electrons. The van der Waals surface area contributed by atoms with Gasteiger partial charge < -0.3 is 10.1 Å². The lowest BCUT2D eigenvalue weighted by atomic mass is 10.1. The summed E-state index contributed by atoms with van der Waals surface area (Å²) in [6.45, 7) is 5.36. The van der Waals surface area contributed by atoms with Crippen LogP contribution in [-0.2, 0) is 11.3 Å². The molecule has 1 heterocycles. The number of nitrogens with one attached hydrogen (secondary N) is 1. The highest BCUT2D eigenvalue weighted by Crippen LogP contribution is 2.08. The normalized spacial score (nSPS) is 11.7. The maximum atomic E-state index is 5.17. The molecule has 0 unspecified atom stereocenters. The lowest BCUT2D eigenvalue weighted by molar-refractivity contribution is 0.127. The average molecular weight is 261 g/mol. The molecule has 6 nitrogen and oxygen atoms in total. The summed E-state index contributed by atoms with van der Waals surface area (Å²) in [5.41, 5.74) is 0.830. The Hall–Kier alpha value is -1.79. The third-order valence-corrected chi connectivity index (χ3v) is 2.77. The minimum Gasteiger partial charge on any atom is -0.383 e. The van der Waals surface area contributed by atoms with Crippen molar-refractivity contribution in [1.82, 2.24) is 25.5 Å². The van der Waals surface area contributed by atoms with Crippen LogP contribution in [0.4, 0.5) is 0 Å². The van der Waals surface area contributed by atoms with E-state index in [1.165, 1.54) is 0 Å². The Morgan fingerprint density at radius 1 is 1.26 bits per heavy atom. The Kier molecular flexibility index (Phi) is 4.24. The molecule has 2 rings (SSSR count). The van der Waals surface area contributed by atoms with Crippen LogP contribution in [0.15, 0.2) is 30.3 Å². The zero-order chi connectivity index (χ0) is 13.7. The van der Waals surface area contributed by atoms with Crippen LogP contribution in [0.2, 0.25) is 0 Å². The second kappa shape index (κ2) is 5.90. The molecule has 0 aliphatic rings. The van der Waals surface area contributed by atoms with E-state index in [2.05, 4.69) is 34.7 Å².